The Morgan fingerprint density at radius 3 is 2.70 bits per heavy atom. The van der Waals surface area contributed by atoms with Crippen LogP contribution in [0.1, 0.15) is 29.5 Å². The number of Topliss-reactive ketones (excluding diaryl/α,β-unsaturated/α-hetero) is 1. The number of hydrogen-bond donors (Lipinski definition) is 2. The summed E-state index contributed by atoms with van der Waals surface area (Å²) in [6.45, 7) is 2.25. The lowest BCUT2D eigenvalue weighted by Crippen LogP contribution is -2.28. The number of ether oxygens (including phenoxy) is 1. The lowest BCUT2D eigenvalue weighted by atomic mass is 10.0. The van der Waals surface area contributed by atoms with E-state index in [2.05, 4.69) is 25.6 Å². The molecule has 0 aliphatic heterocycles. The summed E-state index contributed by atoms with van der Waals surface area (Å²) in [4.78, 5) is 37.0. The van der Waals surface area contributed by atoms with Gasteiger partial charge in [-0.2, -0.15) is 0 Å². The second-order valence-electron chi connectivity index (χ2n) is 6.48. The Morgan fingerprint density at radius 2 is 1.97 bits per heavy atom. The van der Waals surface area contributed by atoms with Crippen LogP contribution in [0.4, 0.5) is 5.69 Å². The van der Waals surface area contributed by atoms with Gasteiger partial charge in [-0.25, -0.2) is 9.97 Å². The summed E-state index contributed by atoms with van der Waals surface area (Å²) in [5, 5.41) is 5.82. The van der Waals surface area contributed by atoms with Crippen molar-refractivity contribution in [2.24, 2.45) is 0 Å². The van der Waals surface area contributed by atoms with Gasteiger partial charge in [-0.05, 0) is 29.8 Å². The number of carbonyl (C=O) groups excluding carboxylic acids is 2. The van der Waals surface area contributed by atoms with Crippen LogP contribution in [0.3, 0.4) is 0 Å². The van der Waals surface area contributed by atoms with Crippen molar-refractivity contribution in [2.45, 2.75) is 19.9 Å². The second kappa shape index (κ2) is 10.2. The summed E-state index contributed by atoms with van der Waals surface area (Å²) in [6, 6.07) is 11.0. The van der Waals surface area contributed by atoms with Crippen LogP contribution in [-0.4, -0.2) is 40.3 Å². The second-order valence-corrected chi connectivity index (χ2v) is 6.48. The van der Waals surface area contributed by atoms with E-state index in [1.807, 2.05) is 24.3 Å². The van der Waals surface area contributed by atoms with Gasteiger partial charge in [-0.15, -0.1) is 0 Å². The van der Waals surface area contributed by atoms with E-state index in [0.29, 0.717) is 24.4 Å². The van der Waals surface area contributed by atoms with Crippen LogP contribution in [0.5, 0.6) is 5.75 Å². The van der Waals surface area contributed by atoms with Gasteiger partial charge in [-0.3, -0.25) is 14.6 Å². The van der Waals surface area contributed by atoms with Gasteiger partial charge in [0.2, 0.25) is 5.91 Å². The number of anilines is 1. The first kappa shape index (κ1) is 21.1. The van der Waals surface area contributed by atoms with Crippen molar-refractivity contribution in [2.75, 3.05) is 19.0 Å². The van der Waals surface area contributed by atoms with Crippen molar-refractivity contribution in [3.8, 4) is 16.9 Å². The molecule has 0 aliphatic rings. The molecule has 0 bridgehead atoms. The first-order valence-corrected chi connectivity index (χ1v) is 9.53. The summed E-state index contributed by atoms with van der Waals surface area (Å²) in [6.07, 6.45) is 5.01. The molecule has 8 heteroatoms. The average Bonchev–Trinajstić information content (AvgIpc) is 2.79. The smallest absolute Gasteiger partial charge is 0.238 e. The average molecular weight is 405 g/mol. The monoisotopic (exact) mass is 405 g/mol. The highest BCUT2D eigenvalue weighted by molar-refractivity contribution is 6.04. The van der Waals surface area contributed by atoms with Crippen LogP contribution in [0.2, 0.25) is 0 Å². The Bertz CT molecular complexity index is 1020. The van der Waals surface area contributed by atoms with Crippen molar-refractivity contribution in [1.29, 1.82) is 0 Å². The molecule has 0 atom stereocenters. The van der Waals surface area contributed by atoms with E-state index in [9.17, 15) is 9.59 Å². The van der Waals surface area contributed by atoms with Gasteiger partial charge in [0.1, 0.15) is 17.8 Å². The molecule has 154 valence electrons. The van der Waals surface area contributed by atoms with Gasteiger partial charge >= 0.3 is 0 Å². The largest absolute Gasteiger partial charge is 0.497 e. The molecule has 0 saturated heterocycles. The van der Waals surface area contributed by atoms with Crippen molar-refractivity contribution < 1.29 is 14.3 Å². The van der Waals surface area contributed by atoms with E-state index in [1.54, 1.807) is 38.6 Å². The first-order valence-electron chi connectivity index (χ1n) is 9.53. The molecule has 8 nitrogen and oxygen atoms in total. The zero-order valence-corrected chi connectivity index (χ0v) is 16.9. The molecule has 0 saturated carbocycles. The van der Waals surface area contributed by atoms with E-state index in [4.69, 9.17) is 4.74 Å². The number of nitrogens with one attached hydrogen (secondary N) is 2. The van der Waals surface area contributed by atoms with Gasteiger partial charge in [0.05, 0.1) is 25.0 Å². The molecule has 1 amide bonds. The minimum Gasteiger partial charge on any atom is -0.497 e. The predicted octanol–water partition coefficient (Wildman–Crippen LogP) is 2.87. The zero-order chi connectivity index (χ0) is 21.3. The molecule has 0 spiro atoms. The fourth-order valence-electron chi connectivity index (χ4n) is 2.83. The number of ketones is 1. The fourth-order valence-corrected chi connectivity index (χ4v) is 2.83. The van der Waals surface area contributed by atoms with Crippen molar-refractivity contribution >= 4 is 17.4 Å². The normalized spacial score (nSPS) is 10.5. The molecule has 3 aromatic rings. The first-order chi connectivity index (χ1) is 14.6. The molecule has 1 aromatic carbocycles. The van der Waals surface area contributed by atoms with Crippen LogP contribution >= 0.6 is 0 Å². The number of methoxy groups -OCH3 is 1. The molecule has 0 unspecified atom stereocenters. The van der Waals surface area contributed by atoms with Crippen LogP contribution < -0.4 is 15.4 Å². The molecule has 3 rings (SSSR count). The summed E-state index contributed by atoms with van der Waals surface area (Å²) < 4.78 is 5.27. The predicted molar refractivity (Wildman–Crippen MR) is 113 cm³/mol. The number of carbonyl (C=O) groups is 2. The third-order valence-electron chi connectivity index (χ3n) is 4.38. The SMILES string of the molecule is CCC(=O)c1ncc(-c2cccc(OC)c2)cc1NC(=O)CNCc1ccncn1. The Labute approximate surface area is 174 Å². The third-order valence-corrected chi connectivity index (χ3v) is 4.38. The van der Waals surface area contributed by atoms with Crippen molar-refractivity contribution in [1.82, 2.24) is 20.3 Å². The maximum Gasteiger partial charge on any atom is 0.238 e. The summed E-state index contributed by atoms with van der Waals surface area (Å²) in [5.41, 5.74) is 3.05. The topological polar surface area (TPSA) is 106 Å². The van der Waals surface area contributed by atoms with Crippen molar-refractivity contribution in [3.63, 3.8) is 0 Å². The Kier molecular flexibility index (Phi) is 7.18. The number of pyridine rings is 1. The molecule has 2 heterocycles. The molecular formula is C22H23N5O3. The highest BCUT2D eigenvalue weighted by atomic mass is 16.5. The standard InChI is InChI=1S/C22H23N5O3/c1-3-20(28)22-19(27-21(29)13-24-12-17-7-8-23-14-26-17)10-16(11-25-22)15-5-4-6-18(9-15)30-2/h4-11,14,24H,3,12-13H2,1-2H3,(H,27,29). The molecule has 0 fully saturated rings. The quantitative estimate of drug-likeness (QED) is 0.527. The lowest BCUT2D eigenvalue weighted by Gasteiger charge is -2.12. The summed E-state index contributed by atoms with van der Waals surface area (Å²) in [7, 11) is 1.60. The van der Waals surface area contributed by atoms with Gasteiger partial charge in [-0.1, -0.05) is 19.1 Å². The molecule has 0 radical (unpaired) electrons. The maximum absolute atomic E-state index is 12.4. The number of rotatable bonds is 9. The molecule has 0 aliphatic carbocycles. The third kappa shape index (κ3) is 5.45. The van der Waals surface area contributed by atoms with Crippen LogP contribution in [0, 0.1) is 0 Å². The zero-order valence-electron chi connectivity index (χ0n) is 16.9. The van der Waals surface area contributed by atoms with Crippen LogP contribution in [0.15, 0.2) is 55.1 Å². The highest BCUT2D eigenvalue weighted by Gasteiger charge is 2.15. The number of benzene rings is 1. The van der Waals surface area contributed by atoms with E-state index < -0.39 is 0 Å². The molecule has 2 N–H and O–H groups in total. The highest BCUT2D eigenvalue weighted by Crippen LogP contribution is 2.27. The number of amides is 1. The summed E-state index contributed by atoms with van der Waals surface area (Å²) in [5.74, 6) is 0.288. The van der Waals surface area contributed by atoms with Gasteiger partial charge < -0.3 is 15.4 Å². The molecular weight excluding hydrogens is 382 g/mol. The number of nitrogens with zero attached hydrogens (tertiary/aromatic N) is 3. The Hall–Kier alpha value is -3.65. The van der Waals surface area contributed by atoms with Gasteiger partial charge in [0.25, 0.3) is 0 Å². The Balaban J connectivity index is 1.76. The van der Waals surface area contributed by atoms with Crippen molar-refractivity contribution in [3.05, 3.63) is 66.5 Å². The fraction of sp³-hybridized carbons (Fsp3) is 0.227. The van der Waals surface area contributed by atoms with E-state index in [0.717, 1.165) is 16.8 Å². The van der Waals surface area contributed by atoms with Gasteiger partial charge in [0.15, 0.2) is 5.78 Å². The molecule has 2 aromatic heterocycles. The number of aromatic nitrogens is 3. The maximum atomic E-state index is 12.4. The lowest BCUT2D eigenvalue weighted by molar-refractivity contribution is -0.115. The Morgan fingerprint density at radius 1 is 1.10 bits per heavy atom. The van der Waals surface area contributed by atoms with E-state index in [1.165, 1.54) is 6.33 Å². The van der Waals surface area contributed by atoms with Gasteiger partial charge in [0, 0.05) is 30.9 Å². The van der Waals surface area contributed by atoms with E-state index in [-0.39, 0.29) is 23.9 Å². The molecule has 30 heavy (non-hydrogen) atoms. The minimum absolute atomic E-state index is 0.0626. The van der Waals surface area contributed by atoms with E-state index >= 15 is 0 Å². The number of hydrogen-bond acceptors (Lipinski definition) is 7. The van der Waals surface area contributed by atoms with Crippen LogP contribution in [0.25, 0.3) is 11.1 Å². The minimum atomic E-state index is -0.279. The van der Waals surface area contributed by atoms with Crippen LogP contribution in [-0.2, 0) is 11.3 Å². The summed E-state index contributed by atoms with van der Waals surface area (Å²) >= 11 is 0.